The van der Waals surface area contributed by atoms with E-state index in [1.165, 1.54) is 37.3 Å². The Kier molecular flexibility index (Phi) is 8.56. The lowest BCUT2D eigenvalue weighted by Gasteiger charge is -2.46. The number of aliphatic carboxylic acids is 2. The molecule has 2 aliphatic rings. The molecule has 33 heavy (non-hydrogen) atoms. The number of hydrogen-bond acceptors (Lipinski definition) is 7. The second kappa shape index (κ2) is 11.6. The van der Waals surface area contributed by atoms with E-state index in [2.05, 4.69) is 15.2 Å². The van der Waals surface area contributed by atoms with Crippen molar-refractivity contribution in [1.82, 2.24) is 9.88 Å². The van der Waals surface area contributed by atoms with Crippen molar-refractivity contribution in [2.75, 3.05) is 31.6 Å². The number of aromatic nitrogens is 1. The lowest BCUT2D eigenvalue weighted by atomic mass is 9.74. The molecule has 0 spiro atoms. The molecule has 0 unspecified atom stereocenters. The van der Waals surface area contributed by atoms with Gasteiger partial charge in [-0.1, -0.05) is 30.3 Å². The molecule has 176 valence electrons. The van der Waals surface area contributed by atoms with Crippen LogP contribution in [0.3, 0.4) is 0 Å². The Morgan fingerprint density at radius 2 is 1.73 bits per heavy atom. The zero-order valence-corrected chi connectivity index (χ0v) is 18.9. The first kappa shape index (κ1) is 24.4. The number of anilines is 1. The number of nitrogens with zero attached hydrogens (tertiary/aromatic N) is 2. The van der Waals surface area contributed by atoms with Crippen LogP contribution in [-0.4, -0.2) is 64.4 Å². The molecule has 0 saturated carbocycles. The number of carboxylic acid groups (broad SMARTS) is 2. The third kappa shape index (κ3) is 7.40. The van der Waals surface area contributed by atoms with Gasteiger partial charge in [0.1, 0.15) is 6.61 Å². The van der Waals surface area contributed by atoms with Crippen LogP contribution in [0.2, 0.25) is 0 Å². The number of nitrogens with one attached hydrogen (secondary N) is 1. The highest BCUT2D eigenvalue weighted by Gasteiger charge is 2.39. The van der Waals surface area contributed by atoms with Crippen LogP contribution in [0.4, 0.5) is 10.6 Å². The maximum atomic E-state index is 12.3. The van der Waals surface area contributed by atoms with E-state index in [9.17, 15) is 14.4 Å². The lowest BCUT2D eigenvalue weighted by Crippen LogP contribution is -2.50. The molecule has 1 aromatic heterocycles. The standard InChI is InChI=1S/C19H23N3O2S.C4H4O4/c23-18(24-13-19-8-4-10-22(12-19)11-5-9-19)21-17-16(25-14-20-17)15-6-2-1-3-7-15;5-3(6)1-2-4(7)8/h1-3,6-7,14H,4-5,8-13H2,(H,21,23);1-2H,(H,5,6)(H,7,8)/b;2-1+. The average Bonchev–Trinajstić information content (AvgIpc) is 3.25. The van der Waals surface area contributed by atoms with Crippen LogP contribution in [0.5, 0.6) is 0 Å². The summed E-state index contributed by atoms with van der Waals surface area (Å²) in [5.41, 5.74) is 2.95. The smallest absolute Gasteiger partial charge is 0.412 e. The lowest BCUT2D eigenvalue weighted by molar-refractivity contribution is -0.134. The van der Waals surface area contributed by atoms with Gasteiger partial charge in [0.2, 0.25) is 0 Å². The molecule has 0 aliphatic carbocycles. The first-order chi connectivity index (χ1) is 15.9. The normalized spacial score (nSPS) is 21.5. The highest BCUT2D eigenvalue weighted by molar-refractivity contribution is 7.13. The zero-order valence-electron chi connectivity index (χ0n) is 18.1. The summed E-state index contributed by atoms with van der Waals surface area (Å²) in [6.45, 7) is 3.94. The number of amides is 1. The molecule has 10 heteroatoms. The number of piperidine rings is 2. The molecular formula is C23H27N3O6S. The Bertz CT molecular complexity index is 965. The number of carbonyl (C=O) groups is 3. The van der Waals surface area contributed by atoms with Crippen LogP contribution in [0, 0.1) is 5.41 Å². The number of carboxylic acids is 2. The van der Waals surface area contributed by atoms with Gasteiger partial charge >= 0.3 is 18.0 Å². The number of carbonyl (C=O) groups excluding carboxylic acids is 1. The van der Waals surface area contributed by atoms with E-state index >= 15 is 0 Å². The van der Waals surface area contributed by atoms with Gasteiger partial charge in [0.05, 0.1) is 10.4 Å². The third-order valence-electron chi connectivity index (χ3n) is 5.62. The van der Waals surface area contributed by atoms with Gasteiger partial charge in [-0.25, -0.2) is 19.4 Å². The number of fused-ring (bicyclic) bond motifs is 2. The first-order valence-electron chi connectivity index (χ1n) is 10.7. The molecule has 9 nitrogen and oxygen atoms in total. The molecule has 2 aliphatic heterocycles. The summed E-state index contributed by atoms with van der Waals surface area (Å²) in [4.78, 5) is 39.2. The van der Waals surface area contributed by atoms with E-state index in [4.69, 9.17) is 14.9 Å². The van der Waals surface area contributed by atoms with Crippen LogP contribution in [0.25, 0.3) is 10.4 Å². The van der Waals surface area contributed by atoms with E-state index in [0.29, 0.717) is 24.6 Å². The Hall–Kier alpha value is -3.24. The molecular weight excluding hydrogens is 446 g/mol. The number of ether oxygens (including phenoxy) is 1. The highest BCUT2D eigenvalue weighted by atomic mass is 32.1. The molecule has 1 amide bonds. The predicted molar refractivity (Wildman–Crippen MR) is 124 cm³/mol. The molecule has 2 fully saturated rings. The van der Waals surface area contributed by atoms with E-state index < -0.39 is 18.0 Å². The van der Waals surface area contributed by atoms with Crippen LogP contribution in [0.15, 0.2) is 48.0 Å². The predicted octanol–water partition coefficient (Wildman–Crippen LogP) is 3.95. The minimum Gasteiger partial charge on any atom is -0.478 e. The van der Waals surface area contributed by atoms with Gasteiger partial charge in [0, 0.05) is 24.1 Å². The highest BCUT2D eigenvalue weighted by Crippen LogP contribution is 2.38. The van der Waals surface area contributed by atoms with Crippen molar-refractivity contribution in [3.8, 4) is 10.4 Å². The molecule has 1 aromatic carbocycles. The summed E-state index contributed by atoms with van der Waals surface area (Å²) >= 11 is 1.52. The fraction of sp³-hybridized carbons (Fsp3) is 0.391. The molecule has 3 N–H and O–H groups in total. The summed E-state index contributed by atoms with van der Waals surface area (Å²) in [5, 5.41) is 18.4. The van der Waals surface area contributed by atoms with Crippen molar-refractivity contribution < 1.29 is 29.3 Å². The summed E-state index contributed by atoms with van der Waals surface area (Å²) in [6.07, 6.45) is 5.43. The monoisotopic (exact) mass is 473 g/mol. The van der Waals surface area contributed by atoms with Crippen LogP contribution < -0.4 is 5.32 Å². The van der Waals surface area contributed by atoms with Gasteiger partial charge in [-0.3, -0.25) is 5.32 Å². The topological polar surface area (TPSA) is 129 Å². The Balaban J connectivity index is 0.000000331. The number of thiazole rings is 1. The average molecular weight is 474 g/mol. The maximum Gasteiger partial charge on any atom is 0.412 e. The quantitative estimate of drug-likeness (QED) is 0.538. The molecule has 2 aromatic rings. The first-order valence-corrected chi connectivity index (χ1v) is 11.5. The van der Waals surface area contributed by atoms with Gasteiger partial charge < -0.3 is 19.8 Å². The fourth-order valence-electron chi connectivity index (χ4n) is 4.20. The SMILES string of the molecule is O=C(Nc1ncsc1-c1ccccc1)OCC12CCCN(CCC1)C2.O=C(O)/C=C/C(=O)O. The third-order valence-corrected chi connectivity index (χ3v) is 6.50. The van der Waals surface area contributed by atoms with Crippen molar-refractivity contribution in [3.05, 3.63) is 48.0 Å². The van der Waals surface area contributed by atoms with E-state index in [1.807, 2.05) is 30.3 Å². The van der Waals surface area contributed by atoms with Gasteiger partial charge in [-0.2, -0.15) is 0 Å². The molecule has 2 saturated heterocycles. The number of benzene rings is 1. The minimum atomic E-state index is -1.26. The van der Waals surface area contributed by atoms with E-state index in [1.54, 1.807) is 5.51 Å². The van der Waals surface area contributed by atoms with Crippen LogP contribution >= 0.6 is 11.3 Å². The van der Waals surface area contributed by atoms with Crippen LogP contribution in [-0.2, 0) is 14.3 Å². The maximum absolute atomic E-state index is 12.3. The van der Waals surface area contributed by atoms with Crippen molar-refractivity contribution in [1.29, 1.82) is 0 Å². The van der Waals surface area contributed by atoms with Crippen molar-refractivity contribution >= 4 is 35.2 Å². The summed E-state index contributed by atoms with van der Waals surface area (Å²) in [5.74, 6) is -1.94. The van der Waals surface area contributed by atoms with Gasteiger partial charge in [0.15, 0.2) is 5.82 Å². The zero-order chi connectivity index (χ0) is 23.7. The number of rotatable bonds is 6. The van der Waals surface area contributed by atoms with E-state index in [0.717, 1.165) is 29.8 Å². The van der Waals surface area contributed by atoms with Crippen molar-refractivity contribution in [2.24, 2.45) is 5.41 Å². The molecule has 0 radical (unpaired) electrons. The largest absolute Gasteiger partial charge is 0.478 e. The molecule has 4 rings (SSSR count). The van der Waals surface area contributed by atoms with Gasteiger partial charge in [-0.15, -0.1) is 11.3 Å². The summed E-state index contributed by atoms with van der Waals surface area (Å²) < 4.78 is 5.61. The summed E-state index contributed by atoms with van der Waals surface area (Å²) in [6, 6.07) is 9.97. The molecule has 2 bridgehead atoms. The Labute approximate surface area is 195 Å². The molecule has 0 atom stereocenters. The number of hydrogen-bond donors (Lipinski definition) is 3. The second-order valence-corrected chi connectivity index (χ2v) is 8.95. The van der Waals surface area contributed by atoms with Crippen molar-refractivity contribution in [2.45, 2.75) is 25.7 Å². The Morgan fingerprint density at radius 1 is 1.09 bits per heavy atom. The van der Waals surface area contributed by atoms with Gasteiger partial charge in [-0.05, 0) is 44.3 Å². The Morgan fingerprint density at radius 3 is 2.33 bits per heavy atom. The summed E-state index contributed by atoms with van der Waals surface area (Å²) in [7, 11) is 0. The minimum absolute atomic E-state index is 0.151. The van der Waals surface area contributed by atoms with Crippen molar-refractivity contribution in [3.63, 3.8) is 0 Å². The molecule has 3 heterocycles. The van der Waals surface area contributed by atoms with Crippen LogP contribution in [0.1, 0.15) is 25.7 Å². The second-order valence-electron chi connectivity index (χ2n) is 8.09. The van der Waals surface area contributed by atoms with E-state index in [-0.39, 0.29) is 5.41 Å². The van der Waals surface area contributed by atoms with Gasteiger partial charge in [0.25, 0.3) is 0 Å². The fourth-order valence-corrected chi connectivity index (χ4v) is 4.95.